The van der Waals surface area contributed by atoms with Gasteiger partial charge >= 0.3 is 7.12 Å². The van der Waals surface area contributed by atoms with E-state index in [1.165, 1.54) is 0 Å². The molecule has 0 fully saturated rings. The van der Waals surface area contributed by atoms with Gasteiger partial charge in [-0.3, -0.25) is 0 Å². The van der Waals surface area contributed by atoms with Crippen LogP contribution in [0.25, 0.3) is 0 Å². The van der Waals surface area contributed by atoms with Gasteiger partial charge in [0.1, 0.15) is 0 Å². The zero-order valence-corrected chi connectivity index (χ0v) is 5.76. The van der Waals surface area contributed by atoms with E-state index in [-0.39, 0.29) is 11.2 Å². The van der Waals surface area contributed by atoms with E-state index in [4.69, 9.17) is 21.6 Å². The maximum atomic E-state index is 8.46. The predicted molar refractivity (Wildman–Crippen MR) is 34.9 cm³/mol. The molecule has 0 bridgehead atoms. The SMILES string of the molecule is CC(Cl)[C@H](C)B(O)O. The maximum Gasteiger partial charge on any atom is 0.455 e. The van der Waals surface area contributed by atoms with Gasteiger partial charge < -0.3 is 10.0 Å². The monoisotopic (exact) mass is 136 g/mol. The average molecular weight is 136 g/mol. The molecule has 2 nitrogen and oxygen atoms in total. The summed E-state index contributed by atoms with van der Waals surface area (Å²) in [5.74, 6) is -0.253. The molecule has 0 aliphatic carbocycles. The number of alkyl halides is 1. The Labute approximate surface area is 54.6 Å². The van der Waals surface area contributed by atoms with Crippen LogP contribution in [0.1, 0.15) is 13.8 Å². The van der Waals surface area contributed by atoms with Gasteiger partial charge in [-0.05, 0) is 6.92 Å². The standard InChI is InChI=1S/C4H10BClO2/c1-3(4(2)6)5(7)8/h3-4,7-8H,1-2H3/t3-,4?/m0/s1. The van der Waals surface area contributed by atoms with E-state index in [1.807, 2.05) is 0 Å². The van der Waals surface area contributed by atoms with Crippen molar-refractivity contribution >= 4 is 18.7 Å². The summed E-state index contributed by atoms with van der Waals surface area (Å²) in [6.07, 6.45) is 0. The van der Waals surface area contributed by atoms with Gasteiger partial charge in [0, 0.05) is 11.2 Å². The maximum absolute atomic E-state index is 8.46. The van der Waals surface area contributed by atoms with Crippen LogP contribution in [0.4, 0.5) is 0 Å². The first kappa shape index (κ1) is 8.27. The highest BCUT2D eigenvalue weighted by atomic mass is 35.5. The number of halogens is 1. The highest BCUT2D eigenvalue weighted by molar-refractivity contribution is 6.45. The van der Waals surface area contributed by atoms with Crippen LogP contribution in [0.5, 0.6) is 0 Å². The molecule has 0 heterocycles. The molecule has 0 spiro atoms. The van der Waals surface area contributed by atoms with E-state index in [0.717, 1.165) is 0 Å². The Balaban J connectivity index is 3.46. The molecule has 8 heavy (non-hydrogen) atoms. The predicted octanol–water partition coefficient (Wildman–Crippen LogP) is 0.477. The van der Waals surface area contributed by atoms with E-state index in [1.54, 1.807) is 13.8 Å². The fraction of sp³-hybridized carbons (Fsp3) is 1.00. The molecule has 0 saturated carbocycles. The first-order valence-electron chi connectivity index (χ1n) is 2.56. The van der Waals surface area contributed by atoms with E-state index in [9.17, 15) is 0 Å². The van der Waals surface area contributed by atoms with Crippen LogP contribution in [0.2, 0.25) is 5.82 Å². The molecule has 4 heteroatoms. The van der Waals surface area contributed by atoms with Crippen molar-refractivity contribution in [2.75, 3.05) is 0 Å². The van der Waals surface area contributed by atoms with Gasteiger partial charge in [-0.25, -0.2) is 0 Å². The molecular formula is C4H10BClO2. The zero-order valence-electron chi connectivity index (χ0n) is 5.00. The Morgan fingerprint density at radius 2 is 1.75 bits per heavy atom. The molecule has 48 valence electrons. The van der Waals surface area contributed by atoms with E-state index in [2.05, 4.69) is 0 Å². The lowest BCUT2D eigenvalue weighted by Gasteiger charge is -2.10. The second kappa shape index (κ2) is 3.33. The molecule has 0 amide bonds. The van der Waals surface area contributed by atoms with Crippen LogP contribution < -0.4 is 0 Å². The third-order valence-electron chi connectivity index (χ3n) is 1.19. The van der Waals surface area contributed by atoms with Crippen molar-refractivity contribution in [2.24, 2.45) is 0 Å². The third kappa shape index (κ3) is 2.55. The van der Waals surface area contributed by atoms with Crippen LogP contribution in [0, 0.1) is 0 Å². The molecule has 0 aliphatic heterocycles. The minimum atomic E-state index is -1.29. The van der Waals surface area contributed by atoms with Crippen molar-refractivity contribution in [3.05, 3.63) is 0 Å². The Morgan fingerprint density at radius 1 is 1.38 bits per heavy atom. The third-order valence-corrected chi connectivity index (χ3v) is 1.59. The smallest absolute Gasteiger partial charge is 0.427 e. The highest BCUT2D eigenvalue weighted by Crippen LogP contribution is 2.15. The van der Waals surface area contributed by atoms with Crippen LogP contribution in [-0.2, 0) is 0 Å². The quantitative estimate of drug-likeness (QED) is 0.428. The zero-order chi connectivity index (χ0) is 6.73. The van der Waals surface area contributed by atoms with Gasteiger partial charge in [-0.2, -0.15) is 0 Å². The highest BCUT2D eigenvalue weighted by Gasteiger charge is 2.22. The molecule has 0 aliphatic rings. The van der Waals surface area contributed by atoms with Crippen molar-refractivity contribution in [3.8, 4) is 0 Å². The molecule has 2 atom stereocenters. The van der Waals surface area contributed by atoms with Crippen molar-refractivity contribution in [1.82, 2.24) is 0 Å². The van der Waals surface area contributed by atoms with Crippen LogP contribution in [0.15, 0.2) is 0 Å². The van der Waals surface area contributed by atoms with Crippen molar-refractivity contribution < 1.29 is 10.0 Å². The van der Waals surface area contributed by atoms with Crippen LogP contribution in [-0.4, -0.2) is 22.5 Å². The summed E-state index contributed by atoms with van der Waals surface area (Å²) < 4.78 is 0. The van der Waals surface area contributed by atoms with E-state index >= 15 is 0 Å². The Bertz CT molecular complexity index is 59.1. The fourth-order valence-corrected chi connectivity index (χ4v) is 0.367. The van der Waals surface area contributed by atoms with Crippen molar-refractivity contribution in [1.29, 1.82) is 0 Å². The second-order valence-corrected chi connectivity index (χ2v) is 2.64. The average Bonchev–Trinajstić information content (AvgIpc) is 1.64. The normalized spacial score (nSPS) is 17.6. The molecule has 0 rings (SSSR count). The Morgan fingerprint density at radius 3 is 1.75 bits per heavy atom. The largest absolute Gasteiger partial charge is 0.455 e. The number of rotatable bonds is 2. The summed E-state index contributed by atoms with van der Waals surface area (Å²) in [6, 6.07) is 0. The molecule has 0 saturated heterocycles. The molecule has 0 aromatic carbocycles. The van der Waals surface area contributed by atoms with Gasteiger partial charge in [-0.15, -0.1) is 11.6 Å². The summed E-state index contributed by atoms with van der Waals surface area (Å²) in [7, 11) is -1.29. The van der Waals surface area contributed by atoms with Crippen molar-refractivity contribution in [2.45, 2.75) is 25.0 Å². The second-order valence-electron chi connectivity index (χ2n) is 1.95. The first-order valence-corrected chi connectivity index (χ1v) is 2.99. The van der Waals surface area contributed by atoms with E-state index < -0.39 is 7.12 Å². The molecule has 0 aromatic heterocycles. The summed E-state index contributed by atoms with van der Waals surface area (Å²) >= 11 is 5.50. The minimum absolute atomic E-state index is 0.185. The van der Waals surface area contributed by atoms with E-state index in [0.29, 0.717) is 0 Å². The van der Waals surface area contributed by atoms with Gasteiger partial charge in [0.15, 0.2) is 0 Å². The summed E-state index contributed by atoms with van der Waals surface area (Å²) in [5.41, 5.74) is 0. The molecule has 1 unspecified atom stereocenters. The van der Waals surface area contributed by atoms with Gasteiger partial charge in [0.05, 0.1) is 0 Å². The molecular weight excluding hydrogens is 126 g/mol. The van der Waals surface area contributed by atoms with Gasteiger partial charge in [0.25, 0.3) is 0 Å². The Hall–Kier alpha value is 0.275. The first-order chi connectivity index (χ1) is 3.55. The van der Waals surface area contributed by atoms with Gasteiger partial charge in [-0.1, -0.05) is 6.92 Å². The number of hydrogen-bond acceptors (Lipinski definition) is 2. The van der Waals surface area contributed by atoms with Crippen molar-refractivity contribution in [3.63, 3.8) is 0 Å². The topological polar surface area (TPSA) is 40.5 Å². The lowest BCUT2D eigenvalue weighted by molar-refractivity contribution is 0.387. The summed E-state index contributed by atoms with van der Waals surface area (Å²) in [6.45, 7) is 3.41. The fourth-order valence-electron chi connectivity index (χ4n) is 0.237. The summed E-state index contributed by atoms with van der Waals surface area (Å²) in [5, 5.41) is 16.7. The van der Waals surface area contributed by atoms with Gasteiger partial charge in [0.2, 0.25) is 0 Å². The molecule has 2 N–H and O–H groups in total. The molecule has 0 aromatic rings. The summed E-state index contributed by atoms with van der Waals surface area (Å²) in [4.78, 5) is 0. The van der Waals surface area contributed by atoms with Crippen LogP contribution >= 0.6 is 11.6 Å². The molecule has 0 radical (unpaired) electrons. The number of hydrogen-bond donors (Lipinski definition) is 2. The Kier molecular flexibility index (Phi) is 3.44. The van der Waals surface area contributed by atoms with Crippen LogP contribution in [0.3, 0.4) is 0 Å². The lowest BCUT2D eigenvalue weighted by atomic mass is 9.72. The minimum Gasteiger partial charge on any atom is -0.427 e. The lowest BCUT2D eigenvalue weighted by Crippen LogP contribution is -2.23.